The van der Waals surface area contributed by atoms with Crippen molar-refractivity contribution >= 4 is 54.8 Å². The van der Waals surface area contributed by atoms with E-state index in [1.807, 2.05) is 24.3 Å². The smallest absolute Gasteiger partial charge is 0.244 e. The number of para-hydroxylation sites is 1. The van der Waals surface area contributed by atoms with Gasteiger partial charge in [0.15, 0.2) is 15.0 Å². The highest BCUT2D eigenvalue weighted by Gasteiger charge is 2.26. The molecule has 1 amide bonds. The number of methoxy groups -OCH3 is 1. The van der Waals surface area contributed by atoms with Crippen molar-refractivity contribution in [1.82, 2.24) is 9.88 Å². The molecule has 0 saturated carbocycles. The molecule has 8 nitrogen and oxygen atoms in total. The van der Waals surface area contributed by atoms with Crippen LogP contribution in [-0.2, 0) is 19.4 Å². The van der Waals surface area contributed by atoms with Crippen LogP contribution in [0.5, 0.6) is 5.75 Å². The number of anilines is 1. The summed E-state index contributed by atoms with van der Waals surface area (Å²) in [5, 5.41) is 0.521. The fourth-order valence-corrected chi connectivity index (χ4v) is 5.89. The van der Waals surface area contributed by atoms with E-state index in [-0.39, 0.29) is 17.3 Å². The first-order chi connectivity index (χ1) is 16.0. The van der Waals surface area contributed by atoms with Crippen molar-refractivity contribution < 1.29 is 22.7 Å². The molecule has 2 heterocycles. The lowest BCUT2D eigenvalue weighted by atomic mass is 10.3. The maximum absolute atomic E-state index is 13.3. The van der Waals surface area contributed by atoms with Crippen molar-refractivity contribution in [3.63, 3.8) is 0 Å². The van der Waals surface area contributed by atoms with Crippen molar-refractivity contribution in [2.45, 2.75) is 11.3 Å². The number of benzene rings is 2. The van der Waals surface area contributed by atoms with E-state index in [2.05, 4.69) is 9.88 Å². The van der Waals surface area contributed by atoms with Gasteiger partial charge < -0.3 is 9.47 Å². The number of ether oxygens (including phenoxy) is 2. The average Bonchev–Trinajstić information content (AvgIpc) is 3.26. The number of fused-ring (bicyclic) bond motifs is 1. The van der Waals surface area contributed by atoms with Gasteiger partial charge in [-0.1, -0.05) is 23.5 Å². The third-order valence-corrected chi connectivity index (χ3v) is 8.18. The van der Waals surface area contributed by atoms with Gasteiger partial charge in [0.1, 0.15) is 11.5 Å². The first-order valence-electron chi connectivity index (χ1n) is 10.8. The quantitative estimate of drug-likeness (QED) is 0.423. The monoisotopic (exact) mass is 525 g/mol. The van der Waals surface area contributed by atoms with Crippen LogP contribution < -0.4 is 9.64 Å². The molecule has 1 fully saturated rings. The molecular weight excluding hydrogens is 498 g/mol. The van der Waals surface area contributed by atoms with Gasteiger partial charge in [0.25, 0.3) is 0 Å². The van der Waals surface area contributed by atoms with Crippen LogP contribution in [0, 0.1) is 0 Å². The molecule has 1 aliphatic heterocycles. The molecule has 0 spiro atoms. The van der Waals surface area contributed by atoms with Crippen molar-refractivity contribution in [1.29, 1.82) is 0 Å². The fraction of sp³-hybridized carbons (Fsp3) is 0.391. The van der Waals surface area contributed by atoms with Gasteiger partial charge in [-0.05, 0) is 42.8 Å². The van der Waals surface area contributed by atoms with Gasteiger partial charge in [0.05, 0.1) is 35.4 Å². The number of rotatable bonds is 9. The van der Waals surface area contributed by atoms with Crippen LogP contribution in [0.15, 0.2) is 53.4 Å². The second-order valence-electron chi connectivity index (χ2n) is 7.75. The third kappa shape index (κ3) is 6.45. The first-order valence-corrected chi connectivity index (χ1v) is 13.3. The molecule has 0 aliphatic carbocycles. The summed E-state index contributed by atoms with van der Waals surface area (Å²) < 4.78 is 37.3. The van der Waals surface area contributed by atoms with Gasteiger partial charge in [-0.2, -0.15) is 0 Å². The molecule has 184 valence electrons. The predicted octanol–water partition coefficient (Wildman–Crippen LogP) is 3.26. The standard InChI is InChI=1S/C23H27N3O5S2.ClH/c1-30-18-7-9-19(10-8-18)33(28,29)17-22(27)26(12-4-11-25-13-15-31-16-14-25)23-24-20-5-2-3-6-21(20)32-23;/h2-3,5-10H,4,11-17H2,1H3;1H. The fourth-order valence-electron chi connectivity index (χ4n) is 3.69. The Hall–Kier alpha value is -2.24. The summed E-state index contributed by atoms with van der Waals surface area (Å²) in [7, 11) is -2.30. The minimum atomic E-state index is -3.81. The van der Waals surface area contributed by atoms with E-state index in [9.17, 15) is 13.2 Å². The van der Waals surface area contributed by atoms with Gasteiger partial charge in [0, 0.05) is 26.2 Å². The zero-order chi connectivity index (χ0) is 23.3. The second-order valence-corrected chi connectivity index (χ2v) is 10.8. The van der Waals surface area contributed by atoms with Crippen LogP contribution in [-0.4, -0.2) is 76.5 Å². The summed E-state index contributed by atoms with van der Waals surface area (Å²) in [6.07, 6.45) is 0.713. The number of hydrogen-bond donors (Lipinski definition) is 0. The molecule has 0 bridgehead atoms. The molecule has 1 aromatic heterocycles. The van der Waals surface area contributed by atoms with Crippen molar-refractivity contribution in [3.8, 4) is 5.75 Å². The van der Waals surface area contributed by atoms with Gasteiger partial charge in [-0.3, -0.25) is 14.6 Å². The summed E-state index contributed by atoms with van der Waals surface area (Å²) in [4.78, 5) is 21.8. The maximum Gasteiger partial charge on any atom is 0.244 e. The Labute approximate surface area is 209 Å². The minimum Gasteiger partial charge on any atom is -0.497 e. The van der Waals surface area contributed by atoms with E-state index < -0.39 is 21.5 Å². The number of carbonyl (C=O) groups is 1. The molecule has 3 aromatic rings. The van der Waals surface area contributed by atoms with Crippen LogP contribution >= 0.6 is 23.7 Å². The molecule has 0 atom stereocenters. The Morgan fingerprint density at radius 1 is 1.15 bits per heavy atom. The highest BCUT2D eigenvalue weighted by Crippen LogP contribution is 2.29. The number of sulfone groups is 1. The lowest BCUT2D eigenvalue weighted by Gasteiger charge is -2.27. The Bertz CT molecular complexity index is 1160. The SMILES string of the molecule is COc1ccc(S(=O)(=O)CC(=O)N(CCCN2CCOCC2)c2nc3ccccc3s2)cc1.Cl. The zero-order valence-corrected chi connectivity index (χ0v) is 21.3. The minimum absolute atomic E-state index is 0. The van der Waals surface area contributed by atoms with Crippen LogP contribution in [0.25, 0.3) is 10.2 Å². The van der Waals surface area contributed by atoms with E-state index in [0.717, 1.165) is 29.9 Å². The zero-order valence-electron chi connectivity index (χ0n) is 18.9. The average molecular weight is 526 g/mol. The normalized spacial score (nSPS) is 14.5. The molecule has 0 unspecified atom stereocenters. The molecule has 2 aromatic carbocycles. The molecule has 1 aliphatic rings. The Balaban J connectivity index is 0.00000324. The summed E-state index contributed by atoms with van der Waals surface area (Å²) in [5.41, 5.74) is 0.793. The molecule has 0 radical (unpaired) electrons. The van der Waals surface area contributed by atoms with E-state index in [1.165, 1.54) is 35.5 Å². The molecule has 34 heavy (non-hydrogen) atoms. The lowest BCUT2D eigenvalue weighted by Crippen LogP contribution is -2.40. The van der Waals surface area contributed by atoms with Crippen molar-refractivity contribution in [3.05, 3.63) is 48.5 Å². The Morgan fingerprint density at radius 3 is 2.53 bits per heavy atom. The number of nitrogens with zero attached hydrogens (tertiary/aromatic N) is 3. The van der Waals surface area contributed by atoms with Gasteiger partial charge >= 0.3 is 0 Å². The molecule has 0 N–H and O–H groups in total. The van der Waals surface area contributed by atoms with Crippen LogP contribution in [0.2, 0.25) is 0 Å². The number of carbonyl (C=O) groups excluding carboxylic acids is 1. The summed E-state index contributed by atoms with van der Waals surface area (Å²) in [5.74, 6) is -0.543. The predicted molar refractivity (Wildman–Crippen MR) is 136 cm³/mol. The summed E-state index contributed by atoms with van der Waals surface area (Å²) >= 11 is 1.40. The summed E-state index contributed by atoms with van der Waals surface area (Å²) in [6.45, 7) is 4.35. The van der Waals surface area contributed by atoms with Gasteiger partial charge in [0.2, 0.25) is 5.91 Å². The molecule has 1 saturated heterocycles. The highest BCUT2D eigenvalue weighted by molar-refractivity contribution is 7.92. The topological polar surface area (TPSA) is 89.0 Å². The van der Waals surface area contributed by atoms with Crippen molar-refractivity contribution in [2.24, 2.45) is 0 Å². The number of morpholine rings is 1. The van der Waals surface area contributed by atoms with E-state index >= 15 is 0 Å². The molecule has 4 rings (SSSR count). The van der Waals surface area contributed by atoms with Crippen molar-refractivity contribution in [2.75, 3.05) is 57.2 Å². The van der Waals surface area contributed by atoms with Crippen LogP contribution in [0.4, 0.5) is 5.13 Å². The number of halogens is 1. The Kier molecular flexibility index (Phi) is 9.26. The largest absolute Gasteiger partial charge is 0.497 e. The highest BCUT2D eigenvalue weighted by atomic mass is 35.5. The molecule has 11 heteroatoms. The third-order valence-electron chi connectivity index (χ3n) is 5.51. The number of hydrogen-bond acceptors (Lipinski definition) is 8. The first kappa shape index (κ1) is 26.4. The second kappa shape index (κ2) is 11.9. The number of aromatic nitrogens is 1. The summed E-state index contributed by atoms with van der Waals surface area (Å²) in [6, 6.07) is 13.7. The van der Waals surface area contributed by atoms with E-state index in [0.29, 0.717) is 37.1 Å². The van der Waals surface area contributed by atoms with Gasteiger partial charge in [-0.25, -0.2) is 13.4 Å². The number of amides is 1. The van der Waals surface area contributed by atoms with Crippen LogP contribution in [0.3, 0.4) is 0 Å². The van der Waals surface area contributed by atoms with E-state index in [1.54, 1.807) is 12.1 Å². The van der Waals surface area contributed by atoms with E-state index in [4.69, 9.17) is 9.47 Å². The maximum atomic E-state index is 13.3. The Morgan fingerprint density at radius 2 is 1.85 bits per heavy atom. The van der Waals surface area contributed by atoms with Gasteiger partial charge in [-0.15, -0.1) is 12.4 Å². The van der Waals surface area contributed by atoms with Crippen LogP contribution in [0.1, 0.15) is 6.42 Å². The lowest BCUT2D eigenvalue weighted by molar-refractivity contribution is -0.116. The molecular formula is C23H28ClN3O5S2. The number of thiazole rings is 1.